The van der Waals surface area contributed by atoms with Crippen molar-refractivity contribution in [3.8, 4) is 22.5 Å². The van der Waals surface area contributed by atoms with E-state index in [1.54, 1.807) is 0 Å². The summed E-state index contributed by atoms with van der Waals surface area (Å²) in [7, 11) is 0. The van der Waals surface area contributed by atoms with E-state index < -0.39 is 0 Å². The maximum Gasteiger partial charge on any atom is 0.263 e. The lowest BCUT2D eigenvalue weighted by Crippen LogP contribution is -2.26. The molecule has 2 aromatic heterocycles. The highest BCUT2D eigenvalue weighted by atomic mass is 16.1. The summed E-state index contributed by atoms with van der Waals surface area (Å²) in [4.78, 5) is 13.7. The average molecular weight is 553 g/mol. The molecule has 0 fully saturated rings. The SMILES string of the molecule is CC1(C)c2ccccc2-n2c3ccc(-c4ccc5c(c4)c4ccccc4c(=O)n5-c4ccccc4)cc3c3cccc1c32. The number of pyridine rings is 1. The summed E-state index contributed by atoms with van der Waals surface area (Å²) in [5.74, 6) is 0. The molecule has 0 atom stereocenters. The van der Waals surface area contributed by atoms with Gasteiger partial charge in [0.1, 0.15) is 0 Å². The third-order valence-corrected chi connectivity index (χ3v) is 9.51. The molecule has 3 heterocycles. The summed E-state index contributed by atoms with van der Waals surface area (Å²) in [5, 5.41) is 5.29. The number of benzene rings is 6. The lowest BCUT2D eigenvalue weighted by molar-refractivity contribution is 0.630. The molecule has 0 amide bonds. The Bertz CT molecular complexity index is 2500. The molecule has 0 unspecified atom stereocenters. The molecule has 204 valence electrons. The van der Waals surface area contributed by atoms with Crippen molar-refractivity contribution in [2.24, 2.45) is 0 Å². The number of aromatic nitrogens is 2. The van der Waals surface area contributed by atoms with Crippen molar-refractivity contribution in [2.45, 2.75) is 19.3 Å². The van der Waals surface area contributed by atoms with Crippen molar-refractivity contribution >= 4 is 43.5 Å². The van der Waals surface area contributed by atoms with Crippen LogP contribution in [0.2, 0.25) is 0 Å². The van der Waals surface area contributed by atoms with Crippen LogP contribution >= 0.6 is 0 Å². The lowest BCUT2D eigenvalue weighted by Gasteiger charge is -2.34. The number of nitrogens with zero attached hydrogens (tertiary/aromatic N) is 2. The lowest BCUT2D eigenvalue weighted by atomic mass is 9.75. The minimum atomic E-state index is -0.0861. The van der Waals surface area contributed by atoms with Gasteiger partial charge >= 0.3 is 0 Å². The van der Waals surface area contributed by atoms with E-state index in [9.17, 15) is 4.79 Å². The van der Waals surface area contributed by atoms with Crippen LogP contribution in [0.3, 0.4) is 0 Å². The number of hydrogen-bond donors (Lipinski definition) is 0. The fourth-order valence-corrected chi connectivity index (χ4v) is 7.44. The van der Waals surface area contributed by atoms with Crippen molar-refractivity contribution in [1.29, 1.82) is 0 Å². The highest BCUT2D eigenvalue weighted by molar-refractivity contribution is 6.13. The summed E-state index contributed by atoms with van der Waals surface area (Å²) >= 11 is 0. The Morgan fingerprint density at radius 1 is 0.488 bits per heavy atom. The highest BCUT2D eigenvalue weighted by Crippen LogP contribution is 2.47. The first kappa shape index (κ1) is 24.2. The number of rotatable bonds is 2. The van der Waals surface area contributed by atoms with Gasteiger partial charge in [-0.1, -0.05) is 98.8 Å². The first-order valence-corrected chi connectivity index (χ1v) is 14.8. The van der Waals surface area contributed by atoms with E-state index in [4.69, 9.17) is 0 Å². The van der Waals surface area contributed by atoms with Crippen LogP contribution in [0.25, 0.3) is 66.0 Å². The molecule has 43 heavy (non-hydrogen) atoms. The molecule has 0 radical (unpaired) electrons. The van der Waals surface area contributed by atoms with Crippen LogP contribution in [0.15, 0.2) is 138 Å². The molecular weight excluding hydrogens is 524 g/mol. The van der Waals surface area contributed by atoms with E-state index in [0.717, 1.165) is 38.5 Å². The minimum absolute atomic E-state index is 0.000751. The molecule has 6 aromatic carbocycles. The summed E-state index contributed by atoms with van der Waals surface area (Å²) < 4.78 is 4.30. The molecule has 0 aliphatic carbocycles. The zero-order chi connectivity index (χ0) is 28.9. The van der Waals surface area contributed by atoms with E-state index in [1.807, 2.05) is 53.1 Å². The second kappa shape index (κ2) is 8.56. The molecule has 1 aliphatic heterocycles. The Hall–Kier alpha value is -5.41. The maximum atomic E-state index is 13.7. The van der Waals surface area contributed by atoms with Gasteiger partial charge in [-0.05, 0) is 76.2 Å². The molecule has 0 bridgehead atoms. The van der Waals surface area contributed by atoms with Crippen LogP contribution in [-0.4, -0.2) is 9.13 Å². The third-order valence-electron chi connectivity index (χ3n) is 9.51. The van der Waals surface area contributed by atoms with E-state index in [-0.39, 0.29) is 11.0 Å². The van der Waals surface area contributed by atoms with Gasteiger partial charge in [-0.25, -0.2) is 0 Å². The molecule has 3 heteroatoms. The fourth-order valence-electron chi connectivity index (χ4n) is 7.44. The van der Waals surface area contributed by atoms with E-state index >= 15 is 0 Å². The van der Waals surface area contributed by atoms with Gasteiger partial charge in [-0.3, -0.25) is 9.36 Å². The zero-order valence-corrected chi connectivity index (χ0v) is 24.0. The maximum absolute atomic E-state index is 13.7. The van der Waals surface area contributed by atoms with Gasteiger partial charge in [0.25, 0.3) is 5.56 Å². The molecule has 1 aliphatic rings. The summed E-state index contributed by atoms with van der Waals surface area (Å²) in [5.41, 5.74) is 10.5. The zero-order valence-electron chi connectivity index (χ0n) is 24.0. The van der Waals surface area contributed by atoms with Crippen LogP contribution < -0.4 is 5.56 Å². The molecular formula is C40H28N2O. The molecule has 0 saturated heterocycles. The van der Waals surface area contributed by atoms with Crippen LogP contribution in [-0.2, 0) is 5.41 Å². The van der Waals surface area contributed by atoms with Crippen LogP contribution in [0, 0.1) is 0 Å². The van der Waals surface area contributed by atoms with Crippen LogP contribution in [0.4, 0.5) is 0 Å². The Balaban J connectivity index is 1.32. The van der Waals surface area contributed by atoms with Crippen LogP contribution in [0.1, 0.15) is 25.0 Å². The number of hydrogen-bond acceptors (Lipinski definition) is 1. The number of para-hydroxylation sites is 3. The molecule has 9 rings (SSSR count). The Morgan fingerprint density at radius 3 is 1.84 bits per heavy atom. The normalized spacial score (nSPS) is 13.6. The molecule has 3 nitrogen and oxygen atoms in total. The average Bonchev–Trinajstić information content (AvgIpc) is 3.39. The molecule has 0 spiro atoms. The monoisotopic (exact) mass is 552 g/mol. The second-order valence-corrected chi connectivity index (χ2v) is 12.2. The fraction of sp³-hybridized carbons (Fsp3) is 0.0750. The van der Waals surface area contributed by atoms with Crippen molar-refractivity contribution < 1.29 is 0 Å². The van der Waals surface area contributed by atoms with E-state index in [0.29, 0.717) is 0 Å². The summed E-state index contributed by atoms with van der Waals surface area (Å²) in [6.45, 7) is 4.67. The Labute approximate surface area is 248 Å². The second-order valence-electron chi connectivity index (χ2n) is 12.2. The quantitative estimate of drug-likeness (QED) is 0.196. The Kier molecular flexibility index (Phi) is 4.82. The van der Waals surface area contributed by atoms with Crippen molar-refractivity contribution in [3.05, 3.63) is 155 Å². The topological polar surface area (TPSA) is 26.9 Å². The van der Waals surface area contributed by atoms with Gasteiger partial charge in [-0.2, -0.15) is 0 Å². The smallest absolute Gasteiger partial charge is 0.263 e. The van der Waals surface area contributed by atoms with Gasteiger partial charge in [0, 0.05) is 32.6 Å². The Morgan fingerprint density at radius 2 is 1.07 bits per heavy atom. The number of fused-ring (bicyclic) bond motifs is 8. The molecule has 8 aromatic rings. The summed E-state index contributed by atoms with van der Waals surface area (Å²) in [6.07, 6.45) is 0. The van der Waals surface area contributed by atoms with Crippen molar-refractivity contribution in [2.75, 3.05) is 0 Å². The van der Waals surface area contributed by atoms with Gasteiger partial charge < -0.3 is 4.57 Å². The molecule has 0 saturated carbocycles. The largest absolute Gasteiger partial charge is 0.309 e. The predicted molar refractivity (Wildman–Crippen MR) is 179 cm³/mol. The van der Waals surface area contributed by atoms with Gasteiger partial charge in [0.2, 0.25) is 0 Å². The van der Waals surface area contributed by atoms with E-state index in [2.05, 4.69) is 103 Å². The molecule has 0 N–H and O–H groups in total. The van der Waals surface area contributed by atoms with Crippen molar-refractivity contribution in [3.63, 3.8) is 0 Å². The highest BCUT2D eigenvalue weighted by Gasteiger charge is 2.34. The van der Waals surface area contributed by atoms with Crippen molar-refractivity contribution in [1.82, 2.24) is 9.13 Å². The van der Waals surface area contributed by atoms with E-state index in [1.165, 1.54) is 38.6 Å². The van der Waals surface area contributed by atoms with Gasteiger partial charge in [0.15, 0.2) is 0 Å². The first-order valence-electron chi connectivity index (χ1n) is 14.8. The van der Waals surface area contributed by atoms with Crippen LogP contribution in [0.5, 0.6) is 0 Å². The standard InChI is InChI=1S/C40H28N2O/c1-40(2)33-16-8-9-18-37(33)42-36-22-20-26(24-32(36)29-15-10-17-34(40)38(29)42)25-19-21-35-31(23-25)28-13-6-7-14-30(28)39(43)41(35)27-11-4-3-5-12-27/h3-24H,1-2H3. The summed E-state index contributed by atoms with van der Waals surface area (Å²) in [6, 6.07) is 46.8. The third kappa shape index (κ3) is 3.22. The predicted octanol–water partition coefficient (Wildman–Crippen LogP) is 9.55. The van der Waals surface area contributed by atoms with Gasteiger partial charge in [-0.15, -0.1) is 0 Å². The van der Waals surface area contributed by atoms with Gasteiger partial charge in [0.05, 0.1) is 22.2 Å². The minimum Gasteiger partial charge on any atom is -0.309 e. The first-order chi connectivity index (χ1) is 21.0.